The van der Waals surface area contributed by atoms with Crippen LogP contribution >= 0.6 is 0 Å². The largest absolute Gasteiger partial charge is 0.333 e. The van der Waals surface area contributed by atoms with Crippen molar-refractivity contribution in [2.24, 2.45) is 11.8 Å². The molecular formula is C15H25N3O. The van der Waals surface area contributed by atoms with Gasteiger partial charge in [-0.3, -0.25) is 9.47 Å². The van der Waals surface area contributed by atoms with E-state index in [1.165, 1.54) is 10.9 Å². The van der Waals surface area contributed by atoms with Crippen LogP contribution in [0.4, 0.5) is 4.79 Å². The van der Waals surface area contributed by atoms with Gasteiger partial charge in [0.25, 0.3) is 0 Å². The van der Waals surface area contributed by atoms with Gasteiger partial charge >= 0.3 is 6.03 Å². The van der Waals surface area contributed by atoms with E-state index in [1.807, 2.05) is 12.3 Å². The Hall–Kier alpha value is -1.58. The summed E-state index contributed by atoms with van der Waals surface area (Å²) in [5.74, 6) is 0.748. The zero-order chi connectivity index (χ0) is 14.6. The Bertz CT molecular complexity index is 430. The maximum atomic E-state index is 12.6. The van der Waals surface area contributed by atoms with E-state index in [2.05, 4.69) is 46.5 Å². The van der Waals surface area contributed by atoms with Gasteiger partial charge in [0.05, 0.1) is 0 Å². The third-order valence-electron chi connectivity index (χ3n) is 3.59. The molecule has 0 atom stereocenters. The topological polar surface area (TPSA) is 38.1 Å². The van der Waals surface area contributed by atoms with Crippen LogP contribution in [-0.4, -0.2) is 26.0 Å². The SMILES string of the molecule is CC(C)/C=C/N(C(=O)n1ccnc1)C(C)(C)C(C)C. The van der Waals surface area contributed by atoms with E-state index < -0.39 is 0 Å². The Balaban J connectivity index is 3.09. The van der Waals surface area contributed by atoms with Gasteiger partial charge in [0.2, 0.25) is 0 Å². The van der Waals surface area contributed by atoms with Crippen LogP contribution in [0.15, 0.2) is 31.0 Å². The van der Waals surface area contributed by atoms with E-state index in [0.717, 1.165) is 0 Å². The molecule has 1 rings (SSSR count). The van der Waals surface area contributed by atoms with Gasteiger partial charge in [0.1, 0.15) is 6.33 Å². The van der Waals surface area contributed by atoms with Gasteiger partial charge in [0, 0.05) is 24.1 Å². The Kier molecular flexibility index (Phi) is 4.92. The molecule has 0 bridgehead atoms. The highest BCUT2D eigenvalue weighted by molar-refractivity contribution is 5.78. The van der Waals surface area contributed by atoms with Gasteiger partial charge in [-0.25, -0.2) is 9.78 Å². The second-order valence-electron chi connectivity index (χ2n) is 6.02. The van der Waals surface area contributed by atoms with Crippen molar-refractivity contribution in [1.82, 2.24) is 14.5 Å². The highest BCUT2D eigenvalue weighted by atomic mass is 16.2. The number of hydrogen-bond donors (Lipinski definition) is 0. The maximum Gasteiger partial charge on any atom is 0.333 e. The van der Waals surface area contributed by atoms with E-state index in [-0.39, 0.29) is 11.6 Å². The summed E-state index contributed by atoms with van der Waals surface area (Å²) in [5.41, 5.74) is -0.257. The van der Waals surface area contributed by atoms with Crippen LogP contribution in [0.2, 0.25) is 0 Å². The lowest BCUT2D eigenvalue weighted by molar-refractivity contribution is 0.139. The van der Waals surface area contributed by atoms with Crippen molar-refractivity contribution in [3.05, 3.63) is 31.0 Å². The molecule has 0 spiro atoms. The zero-order valence-corrected chi connectivity index (χ0v) is 12.8. The average molecular weight is 263 g/mol. The number of carbonyl (C=O) groups excluding carboxylic acids is 1. The lowest BCUT2D eigenvalue weighted by Crippen LogP contribution is -2.49. The predicted octanol–water partition coefficient (Wildman–Crippen LogP) is 3.76. The normalized spacial score (nSPS) is 12.6. The first kappa shape index (κ1) is 15.5. The van der Waals surface area contributed by atoms with Gasteiger partial charge in [-0.2, -0.15) is 0 Å². The molecule has 0 aromatic carbocycles. The monoisotopic (exact) mass is 263 g/mol. The third kappa shape index (κ3) is 3.69. The number of aromatic nitrogens is 2. The van der Waals surface area contributed by atoms with Crippen molar-refractivity contribution in [2.45, 2.75) is 47.1 Å². The number of nitrogens with zero attached hydrogens (tertiary/aromatic N) is 3. The van der Waals surface area contributed by atoms with Gasteiger partial charge in [-0.1, -0.05) is 33.8 Å². The maximum absolute atomic E-state index is 12.6. The number of carbonyl (C=O) groups is 1. The van der Waals surface area contributed by atoms with E-state index >= 15 is 0 Å². The Morgan fingerprint density at radius 3 is 2.37 bits per heavy atom. The van der Waals surface area contributed by atoms with Crippen LogP contribution in [0.25, 0.3) is 0 Å². The van der Waals surface area contributed by atoms with Gasteiger partial charge in [0.15, 0.2) is 0 Å². The van der Waals surface area contributed by atoms with Crippen molar-refractivity contribution < 1.29 is 4.79 Å². The standard InChI is InChI=1S/C15H25N3O/c1-12(2)7-9-18(15(5,6)13(3)4)14(19)17-10-8-16-11-17/h7-13H,1-6H3/b9-7+. The van der Waals surface area contributed by atoms with Crippen LogP contribution in [-0.2, 0) is 0 Å². The number of amides is 1. The molecule has 4 nitrogen and oxygen atoms in total. The first-order chi connectivity index (χ1) is 8.76. The zero-order valence-electron chi connectivity index (χ0n) is 12.8. The molecule has 0 N–H and O–H groups in total. The quantitative estimate of drug-likeness (QED) is 0.829. The fourth-order valence-electron chi connectivity index (χ4n) is 1.54. The van der Waals surface area contributed by atoms with Crippen molar-refractivity contribution in [3.8, 4) is 0 Å². The van der Waals surface area contributed by atoms with E-state index in [1.54, 1.807) is 17.3 Å². The molecule has 0 saturated heterocycles. The second kappa shape index (κ2) is 6.04. The van der Waals surface area contributed by atoms with E-state index in [0.29, 0.717) is 11.8 Å². The van der Waals surface area contributed by atoms with Gasteiger partial charge < -0.3 is 0 Å². The number of hydrogen-bond acceptors (Lipinski definition) is 2. The number of allylic oxidation sites excluding steroid dienone is 1. The minimum absolute atomic E-state index is 0.0758. The first-order valence-corrected chi connectivity index (χ1v) is 6.76. The number of rotatable bonds is 4. The lowest BCUT2D eigenvalue weighted by atomic mass is 9.89. The average Bonchev–Trinajstić information content (AvgIpc) is 2.81. The van der Waals surface area contributed by atoms with E-state index in [9.17, 15) is 4.79 Å². The van der Waals surface area contributed by atoms with Gasteiger partial charge in [-0.05, 0) is 25.7 Å². The minimum atomic E-state index is -0.257. The molecule has 0 aliphatic heterocycles. The van der Waals surface area contributed by atoms with Crippen LogP contribution in [0.1, 0.15) is 41.5 Å². The number of imidazole rings is 1. The third-order valence-corrected chi connectivity index (χ3v) is 3.59. The molecule has 1 amide bonds. The second-order valence-corrected chi connectivity index (χ2v) is 6.02. The smallest absolute Gasteiger partial charge is 0.295 e. The molecule has 1 aromatic rings. The van der Waals surface area contributed by atoms with Crippen LogP contribution < -0.4 is 0 Å². The lowest BCUT2D eigenvalue weighted by Gasteiger charge is -2.39. The molecule has 19 heavy (non-hydrogen) atoms. The fourth-order valence-corrected chi connectivity index (χ4v) is 1.54. The highest BCUT2D eigenvalue weighted by Crippen LogP contribution is 2.25. The molecule has 1 aromatic heterocycles. The Morgan fingerprint density at radius 2 is 1.95 bits per heavy atom. The Morgan fingerprint density at radius 1 is 1.32 bits per heavy atom. The first-order valence-electron chi connectivity index (χ1n) is 6.76. The fraction of sp³-hybridized carbons (Fsp3) is 0.600. The van der Waals surface area contributed by atoms with Crippen LogP contribution in [0.3, 0.4) is 0 Å². The molecule has 4 heteroatoms. The molecule has 1 heterocycles. The summed E-state index contributed by atoms with van der Waals surface area (Å²) >= 11 is 0. The summed E-state index contributed by atoms with van der Waals surface area (Å²) in [4.78, 5) is 18.3. The van der Waals surface area contributed by atoms with Crippen molar-refractivity contribution in [3.63, 3.8) is 0 Å². The summed E-state index contributed by atoms with van der Waals surface area (Å²) in [7, 11) is 0. The summed E-state index contributed by atoms with van der Waals surface area (Å²) in [6, 6.07) is -0.0758. The van der Waals surface area contributed by atoms with Crippen molar-refractivity contribution in [1.29, 1.82) is 0 Å². The summed E-state index contributed by atoms with van der Waals surface area (Å²) < 4.78 is 1.51. The molecule has 0 radical (unpaired) electrons. The summed E-state index contributed by atoms with van der Waals surface area (Å²) in [6.07, 6.45) is 8.76. The molecule has 0 aliphatic rings. The highest BCUT2D eigenvalue weighted by Gasteiger charge is 2.33. The van der Waals surface area contributed by atoms with Crippen LogP contribution in [0.5, 0.6) is 0 Å². The summed E-state index contributed by atoms with van der Waals surface area (Å²) in [6.45, 7) is 12.6. The van der Waals surface area contributed by atoms with Crippen molar-refractivity contribution >= 4 is 6.03 Å². The molecular weight excluding hydrogens is 238 g/mol. The Labute approximate surface area is 116 Å². The molecule has 0 aliphatic carbocycles. The van der Waals surface area contributed by atoms with Gasteiger partial charge in [-0.15, -0.1) is 0 Å². The molecule has 0 unspecified atom stereocenters. The van der Waals surface area contributed by atoms with E-state index in [4.69, 9.17) is 0 Å². The van der Waals surface area contributed by atoms with Crippen LogP contribution in [0, 0.1) is 11.8 Å². The molecule has 0 saturated carbocycles. The molecule has 106 valence electrons. The predicted molar refractivity (Wildman–Crippen MR) is 77.8 cm³/mol. The molecule has 0 fully saturated rings. The van der Waals surface area contributed by atoms with Crippen molar-refractivity contribution in [2.75, 3.05) is 0 Å². The summed E-state index contributed by atoms with van der Waals surface area (Å²) in [5, 5.41) is 0. The minimum Gasteiger partial charge on any atom is -0.295 e.